The van der Waals surface area contributed by atoms with E-state index in [2.05, 4.69) is 0 Å². The Kier molecular flexibility index (Phi) is 7.12. The van der Waals surface area contributed by atoms with Crippen molar-refractivity contribution in [2.45, 2.75) is 24.9 Å². The molecule has 0 aromatic heterocycles. The molecule has 1 fully saturated rings. The molecule has 1 N–H and O–H groups in total. The lowest BCUT2D eigenvalue weighted by molar-refractivity contribution is -0.142. The van der Waals surface area contributed by atoms with Crippen LogP contribution in [0.2, 0.25) is 0 Å². The minimum Gasteiger partial charge on any atom is -0.497 e. The molecule has 0 amide bonds. The van der Waals surface area contributed by atoms with Gasteiger partial charge in [0.1, 0.15) is 17.5 Å². The summed E-state index contributed by atoms with van der Waals surface area (Å²) in [6.07, 6.45) is 1.35. The molecule has 31 heavy (non-hydrogen) atoms. The highest BCUT2D eigenvalue weighted by atomic mass is 16.5. The number of likely N-dealkylation sites (tertiary alicyclic amines) is 1. The molecule has 1 saturated heterocycles. The van der Waals surface area contributed by atoms with Crippen molar-refractivity contribution in [3.05, 3.63) is 41.5 Å². The predicted octanol–water partition coefficient (Wildman–Crippen LogP) is 3.37. The molecule has 8 heteroatoms. The smallest absolute Gasteiger partial charge is 0.320 e. The molecule has 0 radical (unpaired) electrons. The minimum atomic E-state index is -0.850. The molecule has 0 bridgehead atoms. The quantitative estimate of drug-likeness (QED) is 0.647. The average molecular weight is 431 g/mol. The van der Waals surface area contributed by atoms with E-state index < -0.39 is 18.1 Å². The van der Waals surface area contributed by atoms with Crippen molar-refractivity contribution >= 4 is 5.97 Å². The summed E-state index contributed by atoms with van der Waals surface area (Å²) in [5.74, 6) is 1.90. The molecule has 2 aromatic carbocycles. The fourth-order valence-electron chi connectivity index (χ4n) is 4.23. The summed E-state index contributed by atoms with van der Waals surface area (Å²) in [6.45, 7) is 0.624. The zero-order valence-electron chi connectivity index (χ0n) is 18.5. The van der Waals surface area contributed by atoms with Crippen molar-refractivity contribution in [1.82, 2.24) is 4.90 Å². The zero-order chi connectivity index (χ0) is 22.5. The lowest BCUT2D eigenvalue weighted by atomic mass is 9.94. The van der Waals surface area contributed by atoms with Crippen LogP contribution < -0.4 is 23.7 Å². The highest BCUT2D eigenvalue weighted by Gasteiger charge is 2.38. The van der Waals surface area contributed by atoms with E-state index in [1.807, 2.05) is 35.2 Å². The first-order valence-corrected chi connectivity index (χ1v) is 9.99. The Morgan fingerprint density at radius 2 is 1.58 bits per heavy atom. The molecular weight excluding hydrogens is 402 g/mol. The van der Waals surface area contributed by atoms with Gasteiger partial charge in [0.25, 0.3) is 0 Å². The lowest BCUT2D eigenvalue weighted by Gasteiger charge is -2.33. The summed E-state index contributed by atoms with van der Waals surface area (Å²) in [5.41, 5.74) is 1.60. The van der Waals surface area contributed by atoms with Gasteiger partial charge in [-0.3, -0.25) is 9.69 Å². The number of carboxylic acids is 1. The van der Waals surface area contributed by atoms with Gasteiger partial charge in [0.2, 0.25) is 5.75 Å². The fourth-order valence-corrected chi connectivity index (χ4v) is 4.23. The number of ether oxygens (including phenoxy) is 5. The molecule has 1 heterocycles. The van der Waals surface area contributed by atoms with E-state index in [9.17, 15) is 9.90 Å². The first-order chi connectivity index (χ1) is 15.0. The Morgan fingerprint density at radius 1 is 0.935 bits per heavy atom. The molecule has 1 aliphatic rings. The van der Waals surface area contributed by atoms with Crippen molar-refractivity contribution in [2.75, 3.05) is 42.1 Å². The van der Waals surface area contributed by atoms with Gasteiger partial charge in [-0.25, -0.2) is 0 Å². The van der Waals surface area contributed by atoms with Crippen molar-refractivity contribution in [3.8, 4) is 28.7 Å². The molecular formula is C23H29NO7. The maximum Gasteiger partial charge on any atom is 0.320 e. The van der Waals surface area contributed by atoms with E-state index in [1.54, 1.807) is 35.5 Å². The topological polar surface area (TPSA) is 86.7 Å². The average Bonchev–Trinajstić information content (AvgIpc) is 3.28. The molecule has 2 unspecified atom stereocenters. The third-order valence-electron chi connectivity index (χ3n) is 5.65. The van der Waals surface area contributed by atoms with Gasteiger partial charge in [0, 0.05) is 12.1 Å². The maximum atomic E-state index is 12.0. The van der Waals surface area contributed by atoms with Gasteiger partial charge < -0.3 is 28.8 Å². The van der Waals surface area contributed by atoms with Crippen molar-refractivity contribution < 1.29 is 33.6 Å². The summed E-state index contributed by atoms with van der Waals surface area (Å²) in [6, 6.07) is 8.16. The first-order valence-electron chi connectivity index (χ1n) is 9.99. The number of carboxylic acid groups (broad SMARTS) is 1. The normalized spacial score (nSPS) is 17.1. The second-order valence-electron chi connectivity index (χ2n) is 7.20. The molecule has 0 saturated carbocycles. The standard InChI is InChI=1S/C23H29NO7/c1-27-15-8-9-18(28-2)16(13-15)21(24-10-6-7-17(24)23(25)26)14-11-19(29-3)22(31-5)20(12-14)30-4/h8-9,11-13,17,21H,6-7,10H2,1-5H3,(H,25,26). The molecule has 2 atom stereocenters. The number of hydrogen-bond donors (Lipinski definition) is 1. The molecule has 0 aliphatic carbocycles. The summed E-state index contributed by atoms with van der Waals surface area (Å²) >= 11 is 0. The van der Waals surface area contributed by atoms with Crippen LogP contribution in [-0.4, -0.2) is 64.1 Å². The number of hydrogen-bond acceptors (Lipinski definition) is 7. The summed E-state index contributed by atoms with van der Waals surface area (Å²) in [7, 11) is 7.84. The van der Waals surface area contributed by atoms with E-state index in [0.29, 0.717) is 41.7 Å². The monoisotopic (exact) mass is 431 g/mol. The van der Waals surface area contributed by atoms with Gasteiger partial charge in [-0.1, -0.05) is 0 Å². The molecule has 0 spiro atoms. The van der Waals surface area contributed by atoms with Crippen LogP contribution in [0.4, 0.5) is 0 Å². The second-order valence-corrected chi connectivity index (χ2v) is 7.20. The summed E-state index contributed by atoms with van der Waals surface area (Å²) in [5, 5.41) is 9.87. The first kappa shape index (κ1) is 22.6. The lowest BCUT2D eigenvalue weighted by Crippen LogP contribution is -2.39. The molecule has 1 aliphatic heterocycles. The number of rotatable bonds is 9. The third kappa shape index (κ3) is 4.34. The summed E-state index contributed by atoms with van der Waals surface area (Å²) < 4.78 is 27.6. The van der Waals surface area contributed by atoms with Crippen LogP contribution in [0.5, 0.6) is 28.7 Å². The minimum absolute atomic E-state index is 0.428. The zero-order valence-corrected chi connectivity index (χ0v) is 18.5. The Bertz CT molecular complexity index is 905. The van der Waals surface area contributed by atoms with E-state index in [4.69, 9.17) is 23.7 Å². The Balaban J connectivity index is 2.27. The van der Waals surface area contributed by atoms with Crippen LogP contribution in [0, 0.1) is 0 Å². The molecule has 3 rings (SSSR count). The Hall–Kier alpha value is -3.13. The van der Waals surface area contributed by atoms with Gasteiger partial charge >= 0.3 is 5.97 Å². The molecule has 8 nitrogen and oxygen atoms in total. The third-order valence-corrected chi connectivity index (χ3v) is 5.65. The fraction of sp³-hybridized carbons (Fsp3) is 0.435. The largest absolute Gasteiger partial charge is 0.497 e. The van der Waals surface area contributed by atoms with Crippen molar-refractivity contribution in [3.63, 3.8) is 0 Å². The van der Waals surface area contributed by atoms with Crippen LogP contribution >= 0.6 is 0 Å². The van der Waals surface area contributed by atoms with E-state index >= 15 is 0 Å². The summed E-state index contributed by atoms with van der Waals surface area (Å²) in [4.78, 5) is 14.0. The van der Waals surface area contributed by atoms with Gasteiger partial charge in [-0.05, 0) is 48.7 Å². The van der Waals surface area contributed by atoms with Crippen molar-refractivity contribution in [1.29, 1.82) is 0 Å². The van der Waals surface area contributed by atoms with Gasteiger partial charge in [0.15, 0.2) is 11.5 Å². The number of benzene rings is 2. The highest BCUT2D eigenvalue weighted by molar-refractivity contribution is 5.74. The van der Waals surface area contributed by atoms with E-state index in [-0.39, 0.29) is 0 Å². The van der Waals surface area contributed by atoms with E-state index in [1.165, 1.54) is 0 Å². The van der Waals surface area contributed by atoms with Crippen LogP contribution in [0.3, 0.4) is 0 Å². The number of aliphatic carboxylic acids is 1. The van der Waals surface area contributed by atoms with Crippen LogP contribution in [-0.2, 0) is 4.79 Å². The number of methoxy groups -OCH3 is 5. The maximum absolute atomic E-state index is 12.0. The van der Waals surface area contributed by atoms with Gasteiger partial charge in [-0.15, -0.1) is 0 Å². The Morgan fingerprint density at radius 3 is 2.10 bits per heavy atom. The molecule has 168 valence electrons. The van der Waals surface area contributed by atoms with Crippen molar-refractivity contribution in [2.24, 2.45) is 0 Å². The number of carbonyl (C=O) groups is 1. The van der Waals surface area contributed by atoms with E-state index in [0.717, 1.165) is 17.5 Å². The van der Waals surface area contributed by atoms with Crippen LogP contribution in [0.15, 0.2) is 30.3 Å². The van der Waals surface area contributed by atoms with Gasteiger partial charge in [0.05, 0.1) is 41.6 Å². The van der Waals surface area contributed by atoms with Crippen LogP contribution in [0.25, 0.3) is 0 Å². The number of nitrogens with zero attached hydrogens (tertiary/aromatic N) is 1. The predicted molar refractivity (Wildman–Crippen MR) is 115 cm³/mol. The SMILES string of the molecule is COc1ccc(OC)c(C(c2cc(OC)c(OC)c(OC)c2)N2CCCC2C(=O)O)c1. The highest BCUT2D eigenvalue weighted by Crippen LogP contribution is 2.46. The Labute approximate surface area is 182 Å². The second kappa shape index (κ2) is 9.78. The molecule has 2 aromatic rings. The van der Waals surface area contributed by atoms with Crippen LogP contribution in [0.1, 0.15) is 30.0 Å². The van der Waals surface area contributed by atoms with Gasteiger partial charge in [-0.2, -0.15) is 0 Å².